The summed E-state index contributed by atoms with van der Waals surface area (Å²) in [5.41, 5.74) is 0.732. The Morgan fingerprint density at radius 1 is 1.02 bits per heavy atom. The smallest absolute Gasteiger partial charge is 0.450 e. The number of nitrogens with zero attached hydrogens (tertiary/aromatic N) is 1. The highest BCUT2D eigenvalue weighted by Gasteiger charge is 2.42. The molecule has 1 aromatic carbocycles. The molecule has 0 aliphatic carbocycles. The molecule has 44 heavy (non-hydrogen) atoms. The number of unbranched alkanes of at least 4 members (excludes halogenated alkanes) is 1. The van der Waals surface area contributed by atoms with E-state index in [9.17, 15) is 37.1 Å². The molecule has 0 aromatic heterocycles. The number of fused-ring (bicyclic) bond motifs is 1. The van der Waals surface area contributed by atoms with Crippen LogP contribution in [0.1, 0.15) is 57.9 Å². The zero-order chi connectivity index (χ0) is 32.4. The average molecular weight is 643 g/mol. The van der Waals surface area contributed by atoms with Crippen molar-refractivity contribution in [1.82, 2.24) is 20.9 Å². The van der Waals surface area contributed by atoms with Crippen molar-refractivity contribution in [3.63, 3.8) is 0 Å². The number of Topliss-reactive ketones (excluding diaryl/α,β-unsaturated/α-hetero) is 1. The SMILES string of the molecule is CC[C@H](C)[C@H]1NC(=O)[C@H](Cc2ccc(OC)cc2)NC(=O)[C@@H](CCCCSCC(=O)C(F)(F)F)NC(=O)[C@@H]2CCCN2C1=O. The van der Waals surface area contributed by atoms with Gasteiger partial charge >= 0.3 is 6.18 Å². The monoisotopic (exact) mass is 642 g/mol. The molecule has 0 spiro atoms. The van der Waals surface area contributed by atoms with E-state index in [1.54, 1.807) is 24.3 Å². The van der Waals surface area contributed by atoms with Gasteiger partial charge in [-0.2, -0.15) is 24.9 Å². The van der Waals surface area contributed by atoms with Gasteiger partial charge in [-0.1, -0.05) is 38.8 Å². The van der Waals surface area contributed by atoms with E-state index in [1.165, 1.54) is 12.0 Å². The second-order valence-corrected chi connectivity index (χ2v) is 12.3. The molecule has 5 atom stereocenters. The predicted molar refractivity (Wildman–Crippen MR) is 159 cm³/mol. The number of alkyl halides is 3. The van der Waals surface area contributed by atoms with E-state index in [1.807, 2.05) is 13.8 Å². The van der Waals surface area contributed by atoms with Crippen LogP contribution < -0.4 is 20.7 Å². The molecule has 10 nitrogen and oxygen atoms in total. The lowest BCUT2D eigenvalue weighted by molar-refractivity contribution is -0.167. The van der Waals surface area contributed by atoms with Gasteiger partial charge < -0.3 is 25.6 Å². The number of benzene rings is 1. The number of carbonyl (C=O) groups is 5. The van der Waals surface area contributed by atoms with Crippen molar-refractivity contribution >= 4 is 41.2 Å². The van der Waals surface area contributed by atoms with Crippen LogP contribution in [0.4, 0.5) is 13.2 Å². The Bertz CT molecular complexity index is 1180. The highest BCUT2D eigenvalue weighted by atomic mass is 32.2. The van der Waals surface area contributed by atoms with Gasteiger partial charge in [0.2, 0.25) is 29.4 Å². The van der Waals surface area contributed by atoms with Crippen LogP contribution in [0.3, 0.4) is 0 Å². The maximum atomic E-state index is 13.7. The number of carbonyl (C=O) groups excluding carboxylic acids is 5. The second-order valence-electron chi connectivity index (χ2n) is 11.2. The van der Waals surface area contributed by atoms with Crippen LogP contribution in [0.5, 0.6) is 5.75 Å². The number of methoxy groups -OCH3 is 1. The topological polar surface area (TPSA) is 134 Å². The summed E-state index contributed by atoms with van der Waals surface area (Å²) in [6.07, 6.45) is -2.24. The lowest BCUT2D eigenvalue weighted by atomic mass is 9.95. The van der Waals surface area contributed by atoms with Crippen LogP contribution in [-0.4, -0.2) is 89.8 Å². The number of ketones is 1. The summed E-state index contributed by atoms with van der Waals surface area (Å²) < 4.78 is 42.6. The molecule has 2 aliphatic heterocycles. The summed E-state index contributed by atoms with van der Waals surface area (Å²) >= 11 is 0.853. The normalized spacial score (nSPS) is 23.9. The van der Waals surface area contributed by atoms with Crippen molar-refractivity contribution in [3.05, 3.63) is 29.8 Å². The Balaban J connectivity index is 1.81. The van der Waals surface area contributed by atoms with E-state index in [-0.39, 0.29) is 30.4 Å². The van der Waals surface area contributed by atoms with Crippen LogP contribution in [0.25, 0.3) is 0 Å². The molecule has 244 valence electrons. The minimum absolute atomic E-state index is 0.111. The molecular weight excluding hydrogens is 601 g/mol. The van der Waals surface area contributed by atoms with Gasteiger partial charge in [0.05, 0.1) is 12.9 Å². The summed E-state index contributed by atoms with van der Waals surface area (Å²) in [6.45, 7) is 4.10. The quantitative estimate of drug-likeness (QED) is 0.299. The van der Waals surface area contributed by atoms with Crippen molar-refractivity contribution in [2.45, 2.75) is 89.1 Å². The largest absolute Gasteiger partial charge is 0.497 e. The molecule has 14 heteroatoms. The number of hydrogen-bond donors (Lipinski definition) is 3. The maximum Gasteiger partial charge on any atom is 0.450 e. The fraction of sp³-hybridized carbons (Fsp3) is 0.633. The third-order valence-corrected chi connectivity index (χ3v) is 9.10. The predicted octanol–water partition coefficient (Wildman–Crippen LogP) is 2.78. The first-order valence-corrected chi connectivity index (χ1v) is 16.0. The van der Waals surface area contributed by atoms with Crippen LogP contribution in [0, 0.1) is 5.92 Å². The zero-order valence-electron chi connectivity index (χ0n) is 25.2. The number of nitrogens with one attached hydrogen (secondary N) is 3. The molecule has 0 radical (unpaired) electrons. The zero-order valence-corrected chi connectivity index (χ0v) is 26.0. The fourth-order valence-electron chi connectivity index (χ4n) is 5.23. The highest BCUT2D eigenvalue weighted by molar-refractivity contribution is 7.99. The Labute approximate surface area is 259 Å². The summed E-state index contributed by atoms with van der Waals surface area (Å²) in [5, 5.41) is 8.41. The molecule has 0 unspecified atom stereocenters. The van der Waals surface area contributed by atoms with Crippen molar-refractivity contribution in [2.75, 3.05) is 25.2 Å². The number of amides is 4. The summed E-state index contributed by atoms with van der Waals surface area (Å²) in [7, 11) is 1.53. The average Bonchev–Trinajstić information content (AvgIpc) is 3.49. The molecule has 1 aromatic rings. The van der Waals surface area contributed by atoms with Crippen LogP contribution >= 0.6 is 11.8 Å². The number of thioether (sulfide) groups is 1. The molecule has 2 fully saturated rings. The number of rotatable bonds is 12. The number of ether oxygens (including phenoxy) is 1. The summed E-state index contributed by atoms with van der Waals surface area (Å²) in [4.78, 5) is 67.0. The van der Waals surface area contributed by atoms with Crippen molar-refractivity contribution in [3.8, 4) is 5.75 Å². The molecule has 2 heterocycles. The van der Waals surface area contributed by atoms with Crippen molar-refractivity contribution in [1.29, 1.82) is 0 Å². The minimum Gasteiger partial charge on any atom is -0.497 e. The van der Waals surface area contributed by atoms with Gasteiger partial charge in [-0.3, -0.25) is 24.0 Å². The lowest BCUT2D eigenvalue weighted by Crippen LogP contribution is -2.62. The van der Waals surface area contributed by atoms with Gasteiger partial charge in [-0.15, -0.1) is 0 Å². The molecule has 2 saturated heterocycles. The summed E-state index contributed by atoms with van der Waals surface area (Å²) in [5.74, 6) is -3.76. The van der Waals surface area contributed by atoms with E-state index in [0.717, 1.165) is 17.3 Å². The van der Waals surface area contributed by atoms with Gasteiger partial charge in [0.1, 0.15) is 29.9 Å². The third kappa shape index (κ3) is 9.60. The van der Waals surface area contributed by atoms with Crippen molar-refractivity contribution in [2.24, 2.45) is 5.92 Å². The number of hydrogen-bond acceptors (Lipinski definition) is 7. The van der Waals surface area contributed by atoms with E-state index in [4.69, 9.17) is 4.74 Å². The van der Waals surface area contributed by atoms with Crippen LogP contribution in [0.2, 0.25) is 0 Å². The molecule has 3 N–H and O–H groups in total. The first-order valence-electron chi connectivity index (χ1n) is 14.9. The van der Waals surface area contributed by atoms with E-state index < -0.39 is 59.6 Å². The van der Waals surface area contributed by atoms with Crippen LogP contribution in [0.15, 0.2) is 24.3 Å². The van der Waals surface area contributed by atoms with Gasteiger partial charge in [0, 0.05) is 13.0 Å². The summed E-state index contributed by atoms with van der Waals surface area (Å²) in [6, 6.07) is 3.21. The molecule has 4 amide bonds. The highest BCUT2D eigenvalue weighted by Crippen LogP contribution is 2.23. The molecule has 0 saturated carbocycles. The van der Waals surface area contributed by atoms with Crippen LogP contribution in [-0.2, 0) is 30.4 Å². The van der Waals surface area contributed by atoms with E-state index in [0.29, 0.717) is 44.4 Å². The standard InChI is InChI=1S/C30H41F3N4O6S/c1-4-18(2)25-29(42)37-14-7-9-23(37)28(41)34-21(8-5-6-15-44-17-24(38)30(31,32)33)26(39)35-22(27(40)36-25)16-19-10-12-20(43-3)13-11-19/h10-13,18,21-23,25H,4-9,14-17H2,1-3H3,(H,34,41)(H,35,39)(H,36,40)/t18-,21+,22-,23-,25+/m0/s1. The minimum atomic E-state index is -4.87. The first-order chi connectivity index (χ1) is 20.8. The molecule has 3 rings (SSSR count). The fourth-order valence-corrected chi connectivity index (χ4v) is 6.14. The Hall–Kier alpha value is -3.29. The third-order valence-electron chi connectivity index (χ3n) is 8.06. The maximum absolute atomic E-state index is 13.7. The van der Waals surface area contributed by atoms with Gasteiger partial charge in [0.25, 0.3) is 0 Å². The van der Waals surface area contributed by atoms with E-state index >= 15 is 0 Å². The second kappa shape index (κ2) is 16.1. The van der Waals surface area contributed by atoms with Gasteiger partial charge in [0.15, 0.2) is 0 Å². The Morgan fingerprint density at radius 3 is 2.32 bits per heavy atom. The van der Waals surface area contributed by atoms with Gasteiger partial charge in [-0.05, 0) is 55.1 Å². The Morgan fingerprint density at radius 2 is 1.68 bits per heavy atom. The van der Waals surface area contributed by atoms with Gasteiger partial charge in [-0.25, -0.2) is 0 Å². The van der Waals surface area contributed by atoms with E-state index in [2.05, 4.69) is 16.0 Å². The Kier molecular flexibility index (Phi) is 12.9. The molecule has 2 aliphatic rings. The van der Waals surface area contributed by atoms with Crippen molar-refractivity contribution < 1.29 is 41.9 Å². The first kappa shape index (κ1) is 35.2. The molecular formula is C30H41F3N4O6S. The lowest BCUT2D eigenvalue weighted by Gasteiger charge is -2.34. The molecule has 0 bridgehead atoms. The number of halogens is 3.